The highest BCUT2D eigenvalue weighted by atomic mass is 16.5. The summed E-state index contributed by atoms with van der Waals surface area (Å²) in [6.07, 6.45) is 1.88. The van der Waals surface area contributed by atoms with Crippen LogP contribution in [-0.4, -0.2) is 14.2 Å². The number of benzene rings is 2. The SMILES string of the molecule is C=C[C@@H](Nc1ccc(OC)cc1)c1ccc(OC)cc1. The van der Waals surface area contributed by atoms with Gasteiger partial charge in [0.05, 0.1) is 20.3 Å². The first-order valence-corrected chi connectivity index (χ1v) is 6.44. The van der Waals surface area contributed by atoms with Crippen molar-refractivity contribution in [2.45, 2.75) is 6.04 Å². The van der Waals surface area contributed by atoms with Crippen LogP contribution in [-0.2, 0) is 0 Å². The highest BCUT2D eigenvalue weighted by Crippen LogP contribution is 2.24. The first kappa shape index (κ1) is 14.0. The minimum absolute atomic E-state index is 0.0503. The molecule has 2 aromatic carbocycles. The van der Waals surface area contributed by atoms with Gasteiger partial charge in [0, 0.05) is 5.69 Å². The smallest absolute Gasteiger partial charge is 0.119 e. The molecule has 0 radical (unpaired) electrons. The fourth-order valence-electron chi connectivity index (χ4n) is 1.96. The zero-order valence-corrected chi connectivity index (χ0v) is 11.8. The van der Waals surface area contributed by atoms with Gasteiger partial charge in [-0.05, 0) is 42.0 Å². The van der Waals surface area contributed by atoms with E-state index in [1.54, 1.807) is 14.2 Å². The third-order valence-corrected chi connectivity index (χ3v) is 3.12. The lowest BCUT2D eigenvalue weighted by Crippen LogP contribution is -2.07. The Balaban J connectivity index is 2.12. The molecule has 1 N–H and O–H groups in total. The third kappa shape index (κ3) is 3.32. The Labute approximate surface area is 119 Å². The van der Waals surface area contributed by atoms with Gasteiger partial charge in [0.15, 0.2) is 0 Å². The monoisotopic (exact) mass is 269 g/mol. The Morgan fingerprint density at radius 3 is 1.85 bits per heavy atom. The van der Waals surface area contributed by atoms with Crippen molar-refractivity contribution in [3.63, 3.8) is 0 Å². The second kappa shape index (κ2) is 6.66. The molecule has 104 valence electrons. The van der Waals surface area contributed by atoms with Crippen LogP contribution in [0.3, 0.4) is 0 Å². The summed E-state index contributed by atoms with van der Waals surface area (Å²) in [7, 11) is 3.32. The van der Waals surface area contributed by atoms with Gasteiger partial charge in [-0.25, -0.2) is 0 Å². The summed E-state index contributed by atoms with van der Waals surface area (Å²) in [6.45, 7) is 3.89. The molecule has 0 bridgehead atoms. The molecule has 0 saturated carbocycles. The Morgan fingerprint density at radius 1 is 0.900 bits per heavy atom. The number of anilines is 1. The summed E-state index contributed by atoms with van der Waals surface area (Å²) in [5.41, 5.74) is 2.16. The average Bonchev–Trinajstić information content (AvgIpc) is 2.53. The van der Waals surface area contributed by atoms with Crippen LogP contribution in [0.25, 0.3) is 0 Å². The largest absolute Gasteiger partial charge is 0.497 e. The summed E-state index contributed by atoms with van der Waals surface area (Å²) >= 11 is 0. The number of hydrogen-bond donors (Lipinski definition) is 1. The quantitative estimate of drug-likeness (QED) is 0.803. The van der Waals surface area contributed by atoms with Gasteiger partial charge in [-0.2, -0.15) is 0 Å². The standard InChI is InChI=1S/C17H19NO2/c1-4-17(13-5-9-15(19-2)10-6-13)18-14-7-11-16(20-3)12-8-14/h4-12,17-18H,1H2,2-3H3/t17-/m1/s1. The van der Waals surface area contributed by atoms with E-state index in [9.17, 15) is 0 Å². The lowest BCUT2D eigenvalue weighted by atomic mass is 10.1. The molecule has 0 amide bonds. The molecule has 3 heteroatoms. The van der Waals surface area contributed by atoms with E-state index in [0.29, 0.717) is 0 Å². The highest BCUT2D eigenvalue weighted by Gasteiger charge is 2.07. The molecule has 0 spiro atoms. The van der Waals surface area contributed by atoms with Crippen molar-refractivity contribution in [2.24, 2.45) is 0 Å². The maximum absolute atomic E-state index is 5.17. The fourth-order valence-corrected chi connectivity index (χ4v) is 1.96. The van der Waals surface area contributed by atoms with Crippen molar-refractivity contribution in [2.75, 3.05) is 19.5 Å². The molecular formula is C17H19NO2. The molecule has 0 heterocycles. The van der Waals surface area contributed by atoms with Crippen LogP contribution in [0.15, 0.2) is 61.2 Å². The number of hydrogen-bond acceptors (Lipinski definition) is 3. The second-order valence-corrected chi connectivity index (χ2v) is 4.36. The molecule has 0 saturated heterocycles. The molecule has 0 aliphatic carbocycles. The number of rotatable bonds is 6. The van der Waals surface area contributed by atoms with E-state index in [1.165, 1.54) is 0 Å². The van der Waals surface area contributed by atoms with Gasteiger partial charge in [-0.15, -0.1) is 6.58 Å². The van der Waals surface area contributed by atoms with Crippen molar-refractivity contribution in [3.05, 3.63) is 66.7 Å². The lowest BCUT2D eigenvalue weighted by Gasteiger charge is -2.17. The molecule has 0 aromatic heterocycles. The van der Waals surface area contributed by atoms with E-state index >= 15 is 0 Å². The van der Waals surface area contributed by atoms with Crippen LogP contribution >= 0.6 is 0 Å². The first-order valence-electron chi connectivity index (χ1n) is 6.44. The van der Waals surface area contributed by atoms with Crippen LogP contribution in [0.5, 0.6) is 11.5 Å². The van der Waals surface area contributed by atoms with Crippen molar-refractivity contribution < 1.29 is 9.47 Å². The summed E-state index contributed by atoms with van der Waals surface area (Å²) in [5.74, 6) is 1.69. The van der Waals surface area contributed by atoms with Gasteiger partial charge >= 0.3 is 0 Å². The Kier molecular flexibility index (Phi) is 4.66. The Bertz CT molecular complexity index is 546. The number of ether oxygens (including phenoxy) is 2. The molecule has 1 atom stereocenters. The van der Waals surface area contributed by atoms with Gasteiger partial charge in [0.1, 0.15) is 11.5 Å². The minimum atomic E-state index is 0.0503. The molecule has 2 aromatic rings. The molecule has 0 unspecified atom stereocenters. The van der Waals surface area contributed by atoms with Crippen molar-refractivity contribution >= 4 is 5.69 Å². The average molecular weight is 269 g/mol. The van der Waals surface area contributed by atoms with E-state index in [1.807, 2.05) is 54.6 Å². The van der Waals surface area contributed by atoms with Gasteiger partial charge in [0.25, 0.3) is 0 Å². The molecular weight excluding hydrogens is 250 g/mol. The lowest BCUT2D eigenvalue weighted by molar-refractivity contribution is 0.414. The van der Waals surface area contributed by atoms with Gasteiger partial charge in [-0.3, -0.25) is 0 Å². The molecule has 20 heavy (non-hydrogen) atoms. The minimum Gasteiger partial charge on any atom is -0.497 e. The van der Waals surface area contributed by atoms with E-state index in [4.69, 9.17) is 9.47 Å². The van der Waals surface area contributed by atoms with Gasteiger partial charge < -0.3 is 14.8 Å². The van der Waals surface area contributed by atoms with E-state index < -0.39 is 0 Å². The Hall–Kier alpha value is -2.42. The van der Waals surface area contributed by atoms with Crippen molar-refractivity contribution in [1.82, 2.24) is 0 Å². The number of methoxy groups -OCH3 is 2. The summed E-state index contributed by atoms with van der Waals surface area (Å²) in [4.78, 5) is 0. The third-order valence-electron chi connectivity index (χ3n) is 3.12. The highest BCUT2D eigenvalue weighted by molar-refractivity contribution is 5.49. The van der Waals surface area contributed by atoms with E-state index in [-0.39, 0.29) is 6.04 Å². The topological polar surface area (TPSA) is 30.5 Å². The predicted molar refractivity (Wildman–Crippen MR) is 82.5 cm³/mol. The maximum atomic E-state index is 5.17. The van der Waals surface area contributed by atoms with Crippen LogP contribution < -0.4 is 14.8 Å². The molecule has 3 nitrogen and oxygen atoms in total. The summed E-state index contributed by atoms with van der Waals surface area (Å²) < 4.78 is 10.3. The van der Waals surface area contributed by atoms with Crippen molar-refractivity contribution in [3.8, 4) is 11.5 Å². The summed E-state index contributed by atoms with van der Waals surface area (Å²) in [6, 6.07) is 15.8. The number of nitrogens with one attached hydrogen (secondary N) is 1. The van der Waals surface area contributed by atoms with Crippen molar-refractivity contribution in [1.29, 1.82) is 0 Å². The zero-order valence-electron chi connectivity index (χ0n) is 11.8. The van der Waals surface area contributed by atoms with Crippen LogP contribution in [0.2, 0.25) is 0 Å². The second-order valence-electron chi connectivity index (χ2n) is 4.36. The van der Waals surface area contributed by atoms with Gasteiger partial charge in [-0.1, -0.05) is 18.2 Å². The van der Waals surface area contributed by atoms with Gasteiger partial charge in [0.2, 0.25) is 0 Å². The fraction of sp³-hybridized carbons (Fsp3) is 0.176. The van der Waals surface area contributed by atoms with Crippen LogP contribution in [0, 0.1) is 0 Å². The molecule has 0 aliphatic rings. The maximum Gasteiger partial charge on any atom is 0.119 e. The Morgan fingerprint density at radius 2 is 1.40 bits per heavy atom. The zero-order chi connectivity index (χ0) is 14.4. The molecule has 0 fully saturated rings. The summed E-state index contributed by atoms with van der Waals surface area (Å²) in [5, 5.41) is 3.42. The van der Waals surface area contributed by atoms with E-state index in [2.05, 4.69) is 11.9 Å². The molecule has 2 rings (SSSR count). The predicted octanol–water partition coefficient (Wildman–Crippen LogP) is 4.04. The normalized spacial score (nSPS) is 11.5. The van der Waals surface area contributed by atoms with E-state index in [0.717, 1.165) is 22.7 Å². The first-order chi connectivity index (χ1) is 9.76. The van der Waals surface area contributed by atoms with Crippen LogP contribution in [0.1, 0.15) is 11.6 Å². The molecule has 0 aliphatic heterocycles. The van der Waals surface area contributed by atoms with Crippen LogP contribution in [0.4, 0.5) is 5.69 Å².